The Morgan fingerprint density at radius 3 is 2.84 bits per heavy atom. The molecule has 3 heterocycles. The Bertz CT molecular complexity index is 1630. The second-order valence-electron chi connectivity index (χ2n) is 8.88. The minimum absolute atomic E-state index is 0.0249. The number of rotatable bonds is 8. The number of nitrogens with zero attached hydrogens (tertiary/aromatic N) is 3. The summed E-state index contributed by atoms with van der Waals surface area (Å²) in [6, 6.07) is 14.1. The first-order chi connectivity index (χ1) is 18.4. The van der Waals surface area contributed by atoms with E-state index < -0.39 is 10.0 Å². The van der Waals surface area contributed by atoms with Crippen LogP contribution in [-0.2, 0) is 16.4 Å². The van der Waals surface area contributed by atoms with Crippen molar-refractivity contribution in [3.8, 4) is 11.3 Å². The van der Waals surface area contributed by atoms with Gasteiger partial charge >= 0.3 is 0 Å². The summed E-state index contributed by atoms with van der Waals surface area (Å²) in [5.41, 5.74) is 4.01. The lowest BCUT2D eigenvalue weighted by molar-refractivity contribution is 0.592. The van der Waals surface area contributed by atoms with Gasteiger partial charge in [0.1, 0.15) is 11.2 Å². The predicted molar refractivity (Wildman–Crippen MR) is 151 cm³/mol. The van der Waals surface area contributed by atoms with Gasteiger partial charge in [-0.05, 0) is 66.9 Å². The smallest absolute Gasteiger partial charge is 0.264 e. The highest BCUT2D eigenvalue weighted by Crippen LogP contribution is 2.28. The van der Waals surface area contributed by atoms with Gasteiger partial charge in [-0.1, -0.05) is 30.7 Å². The highest BCUT2D eigenvalue weighted by atomic mass is 35.5. The van der Waals surface area contributed by atoms with E-state index in [0.29, 0.717) is 17.7 Å². The van der Waals surface area contributed by atoms with E-state index in [0.717, 1.165) is 60.0 Å². The number of sulfonamides is 1. The molecule has 0 bridgehead atoms. The van der Waals surface area contributed by atoms with Crippen LogP contribution in [0.2, 0.25) is 5.02 Å². The highest BCUT2D eigenvalue weighted by molar-refractivity contribution is 7.90. The summed E-state index contributed by atoms with van der Waals surface area (Å²) in [6.45, 7) is 3.96. The lowest BCUT2D eigenvalue weighted by atomic mass is 10.0. The van der Waals surface area contributed by atoms with Crippen molar-refractivity contribution in [1.29, 1.82) is 5.41 Å². The molecule has 1 atom stereocenters. The first-order valence-electron chi connectivity index (χ1n) is 12.2. The monoisotopic (exact) mass is 550 g/mol. The number of fused-ring (bicyclic) bond motifs is 1. The third-order valence-electron chi connectivity index (χ3n) is 6.34. The van der Waals surface area contributed by atoms with E-state index in [1.807, 2.05) is 18.3 Å². The van der Waals surface area contributed by atoms with Gasteiger partial charge < -0.3 is 15.6 Å². The van der Waals surface area contributed by atoms with Crippen LogP contribution >= 0.6 is 11.6 Å². The van der Waals surface area contributed by atoms with Crippen molar-refractivity contribution in [3.05, 3.63) is 71.0 Å². The quantitative estimate of drug-likeness (QED) is 0.166. The molecule has 2 aromatic carbocycles. The van der Waals surface area contributed by atoms with E-state index >= 15 is 0 Å². The first-order valence-corrected chi connectivity index (χ1v) is 14.0. The number of aromatic amines is 1. The Labute approximate surface area is 225 Å². The number of benzene rings is 2. The molecule has 0 aliphatic carbocycles. The van der Waals surface area contributed by atoms with Gasteiger partial charge in [0.2, 0.25) is 5.95 Å². The van der Waals surface area contributed by atoms with E-state index in [2.05, 4.69) is 43.3 Å². The molecule has 1 aliphatic rings. The summed E-state index contributed by atoms with van der Waals surface area (Å²) in [6.07, 6.45) is 4.41. The molecule has 0 amide bonds. The van der Waals surface area contributed by atoms with Crippen molar-refractivity contribution in [1.82, 2.24) is 25.0 Å². The van der Waals surface area contributed by atoms with E-state index in [4.69, 9.17) is 22.0 Å². The molecule has 5 rings (SSSR count). The predicted octanol–water partition coefficient (Wildman–Crippen LogP) is 3.95. The molecule has 10 nitrogen and oxygen atoms in total. The molecule has 196 valence electrons. The maximum absolute atomic E-state index is 13.0. The molecular formula is C26H27ClN8O2S. The van der Waals surface area contributed by atoms with Crippen LogP contribution in [-0.4, -0.2) is 54.7 Å². The third-order valence-corrected chi connectivity index (χ3v) is 8.18. The molecule has 2 aromatic heterocycles. The van der Waals surface area contributed by atoms with Crippen LogP contribution in [0.5, 0.6) is 0 Å². The second kappa shape index (κ2) is 10.9. The zero-order valence-corrected chi connectivity index (χ0v) is 22.2. The summed E-state index contributed by atoms with van der Waals surface area (Å²) in [4.78, 5) is 16.4. The van der Waals surface area contributed by atoms with Gasteiger partial charge in [0, 0.05) is 29.9 Å². The van der Waals surface area contributed by atoms with Crippen LogP contribution in [0.3, 0.4) is 0 Å². The number of anilines is 1. The van der Waals surface area contributed by atoms with Gasteiger partial charge in [0.15, 0.2) is 5.84 Å². The Hall–Kier alpha value is -3.80. The number of hydrogen-bond acceptors (Lipinski definition) is 7. The van der Waals surface area contributed by atoms with Gasteiger partial charge in [-0.25, -0.2) is 23.4 Å². The highest BCUT2D eigenvalue weighted by Gasteiger charge is 2.21. The van der Waals surface area contributed by atoms with E-state index in [1.54, 1.807) is 18.2 Å². The molecule has 5 N–H and O–H groups in total. The number of halogens is 1. The first kappa shape index (κ1) is 25.8. The van der Waals surface area contributed by atoms with E-state index in [9.17, 15) is 8.42 Å². The fourth-order valence-corrected chi connectivity index (χ4v) is 5.99. The van der Waals surface area contributed by atoms with Crippen molar-refractivity contribution >= 4 is 50.6 Å². The fraction of sp³-hybridized carbons (Fsp3) is 0.231. The van der Waals surface area contributed by atoms with Crippen molar-refractivity contribution in [2.45, 2.75) is 30.7 Å². The number of aromatic nitrogens is 3. The number of aliphatic imine (C=N–C) groups is 1. The standard InChI is InChI=1S/C26H27ClN8O2S/c1-2-16-11-17(12-18-13-30-26(34-24(16)18)32-19-9-10-29-14-19)21-7-8-22(33-21)25(31-15-28)35-38(36,37)23-6-4-3-5-20(23)27/h3-8,11-13,15,19,29,33H,2,9-10,14H2,1H3,(H2,28,31,35)(H,30,32,34)/t19-/m0/s1. The number of hydrogen-bond donors (Lipinski definition) is 5. The lowest BCUT2D eigenvalue weighted by Crippen LogP contribution is -2.32. The maximum Gasteiger partial charge on any atom is 0.264 e. The topological polar surface area (TPSA) is 148 Å². The molecule has 1 aliphatic heterocycles. The fourth-order valence-electron chi connectivity index (χ4n) is 4.44. The minimum atomic E-state index is -4.03. The van der Waals surface area contributed by atoms with Gasteiger partial charge in [0.05, 0.1) is 16.2 Å². The average molecular weight is 551 g/mol. The Morgan fingerprint density at radius 2 is 2.11 bits per heavy atom. The second-order valence-corrected chi connectivity index (χ2v) is 10.9. The zero-order valence-electron chi connectivity index (χ0n) is 20.6. The Morgan fingerprint density at radius 1 is 1.26 bits per heavy atom. The SMILES string of the molecule is CCc1cc(-c2ccc(/C(=N\C=N)NS(=O)(=O)c3ccccc3Cl)[nH]2)cc2cnc(N[C@H]3CCNC3)nc12. The van der Waals surface area contributed by atoms with Gasteiger partial charge in [0.25, 0.3) is 10.0 Å². The molecule has 12 heteroatoms. The minimum Gasteiger partial charge on any atom is -0.352 e. The maximum atomic E-state index is 13.0. The van der Waals surface area contributed by atoms with Crippen molar-refractivity contribution in [2.24, 2.45) is 4.99 Å². The normalized spacial score (nSPS) is 16.1. The van der Waals surface area contributed by atoms with Crippen molar-refractivity contribution in [2.75, 3.05) is 18.4 Å². The molecule has 0 unspecified atom stereocenters. The number of amidine groups is 1. The molecule has 0 radical (unpaired) electrons. The Balaban J connectivity index is 1.45. The van der Waals surface area contributed by atoms with Crippen LogP contribution < -0.4 is 15.4 Å². The molecule has 0 saturated carbocycles. The number of nitrogens with one attached hydrogen (secondary N) is 5. The molecule has 4 aromatic rings. The van der Waals surface area contributed by atoms with Crippen LogP contribution in [0, 0.1) is 5.41 Å². The summed E-state index contributed by atoms with van der Waals surface area (Å²) in [7, 11) is -4.03. The summed E-state index contributed by atoms with van der Waals surface area (Å²) in [5.74, 6) is 0.595. The molecule has 1 saturated heterocycles. The summed E-state index contributed by atoms with van der Waals surface area (Å²) < 4.78 is 28.4. The summed E-state index contributed by atoms with van der Waals surface area (Å²) in [5, 5.41) is 15.2. The van der Waals surface area contributed by atoms with Crippen LogP contribution in [0.25, 0.3) is 22.2 Å². The zero-order chi connectivity index (χ0) is 26.7. The molecule has 1 fully saturated rings. The Kier molecular flexibility index (Phi) is 7.41. The van der Waals surface area contributed by atoms with Gasteiger partial charge in [-0.3, -0.25) is 10.1 Å². The van der Waals surface area contributed by atoms with Crippen LogP contribution in [0.15, 0.2) is 64.6 Å². The van der Waals surface area contributed by atoms with Gasteiger partial charge in [-0.15, -0.1) is 0 Å². The lowest BCUT2D eigenvalue weighted by Gasteiger charge is -2.13. The molecule has 38 heavy (non-hydrogen) atoms. The van der Waals surface area contributed by atoms with E-state index in [-0.39, 0.29) is 15.8 Å². The van der Waals surface area contributed by atoms with Crippen LogP contribution in [0.1, 0.15) is 24.6 Å². The van der Waals surface area contributed by atoms with E-state index in [1.165, 1.54) is 12.1 Å². The van der Waals surface area contributed by atoms with Crippen molar-refractivity contribution < 1.29 is 8.42 Å². The largest absolute Gasteiger partial charge is 0.352 e. The summed E-state index contributed by atoms with van der Waals surface area (Å²) >= 11 is 6.10. The third kappa shape index (κ3) is 5.40. The van der Waals surface area contributed by atoms with Crippen LogP contribution in [0.4, 0.5) is 5.95 Å². The van der Waals surface area contributed by atoms with Crippen molar-refractivity contribution in [3.63, 3.8) is 0 Å². The molecule has 0 spiro atoms. The average Bonchev–Trinajstić information content (AvgIpc) is 3.61. The van der Waals surface area contributed by atoms with Gasteiger partial charge in [-0.2, -0.15) is 0 Å². The number of aryl methyl sites for hydroxylation is 1. The number of H-pyrrole nitrogens is 1. The molecular weight excluding hydrogens is 524 g/mol.